The minimum Gasteiger partial charge on any atom is -0.289 e. The lowest BCUT2D eigenvalue weighted by Crippen LogP contribution is -2.46. The van der Waals surface area contributed by atoms with Gasteiger partial charge in [-0.1, -0.05) is 37.3 Å². The average Bonchev–Trinajstić information content (AvgIpc) is 2.28. The van der Waals surface area contributed by atoms with Crippen LogP contribution >= 0.6 is 0 Å². The van der Waals surface area contributed by atoms with Crippen LogP contribution < -0.4 is 0 Å². The quantitative estimate of drug-likeness (QED) is 0.561. The van der Waals surface area contributed by atoms with Gasteiger partial charge >= 0.3 is 0 Å². The summed E-state index contributed by atoms with van der Waals surface area (Å²) in [5.41, 5.74) is 0.413. The third-order valence-electron chi connectivity index (χ3n) is 2.56. The summed E-state index contributed by atoms with van der Waals surface area (Å²) in [5, 5.41) is 0. The van der Waals surface area contributed by atoms with E-state index in [1.807, 2.05) is 0 Å². The van der Waals surface area contributed by atoms with Crippen molar-refractivity contribution in [3.8, 4) is 0 Å². The van der Waals surface area contributed by atoms with Crippen molar-refractivity contribution in [2.75, 3.05) is 14.1 Å². The molecule has 0 aliphatic rings. The Morgan fingerprint density at radius 3 is 2.27 bits per heavy atom. The van der Waals surface area contributed by atoms with E-state index in [0.29, 0.717) is 5.56 Å². The largest absolute Gasteiger partial charge is 0.289 e. The fraction of sp³-hybridized carbons (Fsp3) is 0.417. The fourth-order valence-electron chi connectivity index (χ4n) is 1.49. The first-order chi connectivity index (χ1) is 7.02. The number of hydrogen-bond donors (Lipinski definition) is 0. The van der Waals surface area contributed by atoms with Gasteiger partial charge in [-0.25, -0.2) is 4.39 Å². The van der Waals surface area contributed by atoms with Crippen LogP contribution in [0.4, 0.5) is 4.39 Å². The minimum atomic E-state index is -1.90. The Kier molecular flexibility index (Phi) is 3.58. The zero-order valence-corrected chi connectivity index (χ0v) is 9.33. The third-order valence-corrected chi connectivity index (χ3v) is 2.56. The van der Waals surface area contributed by atoms with Crippen LogP contribution in [0, 0.1) is 0 Å². The molecule has 1 rings (SSSR count). The van der Waals surface area contributed by atoms with Crippen molar-refractivity contribution < 1.29 is 9.18 Å². The van der Waals surface area contributed by atoms with Gasteiger partial charge in [0.05, 0.1) is 0 Å². The van der Waals surface area contributed by atoms with Gasteiger partial charge < -0.3 is 0 Å². The van der Waals surface area contributed by atoms with Gasteiger partial charge in [-0.05, 0) is 14.1 Å². The van der Waals surface area contributed by atoms with Crippen molar-refractivity contribution in [1.29, 1.82) is 0 Å². The van der Waals surface area contributed by atoms with Crippen molar-refractivity contribution in [1.82, 2.24) is 4.90 Å². The molecule has 3 heteroatoms. The van der Waals surface area contributed by atoms with Crippen LogP contribution in [-0.4, -0.2) is 30.6 Å². The van der Waals surface area contributed by atoms with Crippen LogP contribution in [0.1, 0.15) is 23.7 Å². The number of carbonyl (C=O) groups is 1. The standard InChI is InChI=1S/C12H16FNO/c1-4-12(13,14(2)3)11(15)10-8-6-5-7-9-10/h5-9H,4H2,1-3H3. The fourth-order valence-corrected chi connectivity index (χ4v) is 1.49. The first kappa shape index (κ1) is 11.9. The van der Waals surface area contributed by atoms with Gasteiger partial charge in [0, 0.05) is 12.0 Å². The predicted molar refractivity (Wildman–Crippen MR) is 58.6 cm³/mol. The summed E-state index contributed by atoms with van der Waals surface area (Å²) in [7, 11) is 3.15. The van der Waals surface area contributed by atoms with Crippen LogP contribution in [0.15, 0.2) is 30.3 Å². The molecule has 0 heterocycles. The highest BCUT2D eigenvalue weighted by Crippen LogP contribution is 2.24. The number of Topliss-reactive ketones (excluding diaryl/α,β-unsaturated/α-hetero) is 1. The zero-order valence-electron chi connectivity index (χ0n) is 9.33. The van der Waals surface area contributed by atoms with Crippen molar-refractivity contribution in [3.05, 3.63) is 35.9 Å². The van der Waals surface area contributed by atoms with Gasteiger partial charge in [0.15, 0.2) is 0 Å². The maximum atomic E-state index is 14.3. The second kappa shape index (κ2) is 4.53. The summed E-state index contributed by atoms with van der Waals surface area (Å²) in [5.74, 6) is -2.38. The molecule has 82 valence electrons. The number of benzene rings is 1. The Morgan fingerprint density at radius 2 is 1.87 bits per heavy atom. The molecule has 0 spiro atoms. The number of carbonyl (C=O) groups excluding carboxylic acids is 1. The summed E-state index contributed by atoms with van der Waals surface area (Å²) in [6.45, 7) is 1.67. The number of halogens is 1. The van der Waals surface area contributed by atoms with Crippen LogP contribution in [-0.2, 0) is 0 Å². The van der Waals surface area contributed by atoms with Gasteiger partial charge in [-0.15, -0.1) is 0 Å². The maximum absolute atomic E-state index is 14.3. The molecule has 0 aromatic heterocycles. The first-order valence-corrected chi connectivity index (χ1v) is 4.98. The highest BCUT2D eigenvalue weighted by atomic mass is 19.1. The minimum absolute atomic E-state index is 0.147. The molecule has 2 nitrogen and oxygen atoms in total. The van der Waals surface area contributed by atoms with Crippen molar-refractivity contribution in [2.45, 2.75) is 19.1 Å². The van der Waals surface area contributed by atoms with E-state index >= 15 is 0 Å². The van der Waals surface area contributed by atoms with Crippen LogP contribution in [0.5, 0.6) is 0 Å². The number of rotatable bonds is 4. The molecular weight excluding hydrogens is 193 g/mol. The molecule has 0 amide bonds. The number of nitrogens with zero attached hydrogens (tertiary/aromatic N) is 1. The smallest absolute Gasteiger partial charge is 0.226 e. The van der Waals surface area contributed by atoms with Gasteiger partial charge in [0.25, 0.3) is 0 Å². The predicted octanol–water partition coefficient (Wildman–Crippen LogP) is 2.51. The number of hydrogen-bond acceptors (Lipinski definition) is 2. The van der Waals surface area contributed by atoms with Crippen LogP contribution in [0.2, 0.25) is 0 Å². The van der Waals surface area contributed by atoms with Crippen molar-refractivity contribution in [2.24, 2.45) is 0 Å². The van der Waals surface area contributed by atoms with Crippen LogP contribution in [0.25, 0.3) is 0 Å². The molecule has 1 unspecified atom stereocenters. The molecule has 15 heavy (non-hydrogen) atoms. The Bertz CT molecular complexity index is 337. The number of alkyl halides is 1. The molecule has 0 aliphatic carbocycles. The zero-order chi connectivity index (χ0) is 11.5. The molecule has 0 fully saturated rings. The number of likely N-dealkylation sites (N-methyl/N-ethyl adjacent to an activating group) is 1. The van der Waals surface area contributed by atoms with Gasteiger partial charge in [0.1, 0.15) is 0 Å². The molecule has 0 N–H and O–H groups in total. The van der Waals surface area contributed by atoms with E-state index in [9.17, 15) is 9.18 Å². The summed E-state index contributed by atoms with van der Waals surface area (Å²) >= 11 is 0. The Balaban J connectivity index is 3.03. The number of ketones is 1. The highest BCUT2D eigenvalue weighted by Gasteiger charge is 2.39. The van der Waals surface area contributed by atoms with Gasteiger partial charge in [-0.3, -0.25) is 9.69 Å². The Hall–Kier alpha value is -1.22. The Labute approximate surface area is 89.7 Å². The second-order valence-electron chi connectivity index (χ2n) is 3.70. The van der Waals surface area contributed by atoms with Crippen LogP contribution in [0.3, 0.4) is 0 Å². The molecule has 0 saturated heterocycles. The summed E-state index contributed by atoms with van der Waals surface area (Å²) in [6, 6.07) is 8.54. The summed E-state index contributed by atoms with van der Waals surface area (Å²) in [4.78, 5) is 13.2. The van der Waals surface area contributed by atoms with Crippen molar-refractivity contribution in [3.63, 3.8) is 0 Å². The lowest BCUT2D eigenvalue weighted by molar-refractivity contribution is 0.00868. The Morgan fingerprint density at radius 1 is 1.33 bits per heavy atom. The van der Waals surface area contributed by atoms with E-state index in [1.54, 1.807) is 51.4 Å². The highest BCUT2D eigenvalue weighted by molar-refractivity contribution is 6.02. The van der Waals surface area contributed by atoms with E-state index in [2.05, 4.69) is 0 Å². The maximum Gasteiger partial charge on any atom is 0.226 e. The van der Waals surface area contributed by atoms with Gasteiger partial charge in [0.2, 0.25) is 11.6 Å². The average molecular weight is 209 g/mol. The lowest BCUT2D eigenvalue weighted by atomic mass is 9.99. The van der Waals surface area contributed by atoms with E-state index in [0.717, 1.165) is 0 Å². The lowest BCUT2D eigenvalue weighted by Gasteiger charge is -2.29. The first-order valence-electron chi connectivity index (χ1n) is 4.98. The van der Waals surface area contributed by atoms with E-state index < -0.39 is 11.6 Å². The van der Waals surface area contributed by atoms with Gasteiger partial charge in [-0.2, -0.15) is 0 Å². The molecular formula is C12H16FNO. The molecule has 1 aromatic carbocycles. The van der Waals surface area contributed by atoms with E-state index in [4.69, 9.17) is 0 Å². The molecule has 1 atom stereocenters. The third kappa shape index (κ3) is 2.23. The molecule has 1 aromatic rings. The molecule has 0 radical (unpaired) electrons. The summed E-state index contributed by atoms with van der Waals surface area (Å²) in [6.07, 6.45) is 0.147. The normalized spacial score (nSPS) is 15.0. The van der Waals surface area contributed by atoms with Crippen molar-refractivity contribution >= 4 is 5.78 Å². The summed E-state index contributed by atoms with van der Waals surface area (Å²) < 4.78 is 14.3. The topological polar surface area (TPSA) is 20.3 Å². The van der Waals surface area contributed by atoms with E-state index in [-0.39, 0.29) is 6.42 Å². The molecule has 0 bridgehead atoms. The second-order valence-corrected chi connectivity index (χ2v) is 3.70. The molecule has 0 aliphatic heterocycles. The van der Waals surface area contributed by atoms with E-state index in [1.165, 1.54) is 4.90 Å². The monoisotopic (exact) mass is 209 g/mol. The molecule has 0 saturated carbocycles. The SMILES string of the molecule is CCC(F)(C(=O)c1ccccc1)N(C)C.